The highest BCUT2D eigenvalue weighted by Crippen LogP contribution is 2.42. The Hall–Kier alpha value is -4.38. The summed E-state index contributed by atoms with van der Waals surface area (Å²) in [5.74, 6) is 0.843. The second-order valence-electron chi connectivity index (χ2n) is 13.9. The van der Waals surface area contributed by atoms with Crippen LogP contribution in [0.4, 0.5) is 4.79 Å². The van der Waals surface area contributed by atoms with Crippen LogP contribution in [0.25, 0.3) is 32.8 Å². The topological polar surface area (TPSA) is 111 Å². The van der Waals surface area contributed by atoms with Crippen molar-refractivity contribution in [2.24, 2.45) is 7.05 Å². The highest BCUT2D eigenvalue weighted by molar-refractivity contribution is 6.00. The standard InChI is InChI=1S/C40H52N4O6/c1-9-48-38(46)37-30(18-13-24-49-33-19-12-16-28-15-10-11-17-29(28)33)31-21-20-26(2)34(35-27(3)43(8)41-32(35)25-45)36(31)44(37)23-14-22-42(7)39(47)50-40(4,5)6/h10-12,15-17,19-21,38,45-46H,9,13-14,18,22-25H2,1-8H3. The fourth-order valence-electron chi connectivity index (χ4n) is 6.73. The van der Waals surface area contributed by atoms with Gasteiger partial charge in [0.1, 0.15) is 11.4 Å². The van der Waals surface area contributed by atoms with Crippen LogP contribution in [0.15, 0.2) is 54.6 Å². The summed E-state index contributed by atoms with van der Waals surface area (Å²) in [6.45, 7) is 13.0. The second kappa shape index (κ2) is 15.7. The maximum Gasteiger partial charge on any atom is 0.410 e. The molecule has 2 aromatic heterocycles. The predicted molar refractivity (Wildman–Crippen MR) is 197 cm³/mol. The Kier molecular flexibility index (Phi) is 11.6. The van der Waals surface area contributed by atoms with Gasteiger partial charge in [0.15, 0.2) is 6.29 Å². The van der Waals surface area contributed by atoms with E-state index >= 15 is 0 Å². The van der Waals surface area contributed by atoms with Crippen molar-refractivity contribution < 1.29 is 29.2 Å². The number of aryl methyl sites for hydroxylation is 4. The van der Waals surface area contributed by atoms with Gasteiger partial charge < -0.3 is 33.9 Å². The van der Waals surface area contributed by atoms with Crippen LogP contribution >= 0.6 is 0 Å². The van der Waals surface area contributed by atoms with Crippen LogP contribution in [0.3, 0.4) is 0 Å². The van der Waals surface area contributed by atoms with Crippen LogP contribution in [-0.4, -0.2) is 68.0 Å². The molecule has 3 aromatic carbocycles. The summed E-state index contributed by atoms with van der Waals surface area (Å²) >= 11 is 0. The molecule has 0 saturated carbocycles. The lowest BCUT2D eigenvalue weighted by atomic mass is 9.94. The molecule has 0 saturated heterocycles. The molecule has 1 amide bonds. The first-order valence-corrected chi connectivity index (χ1v) is 17.5. The summed E-state index contributed by atoms with van der Waals surface area (Å²) in [4.78, 5) is 14.4. The summed E-state index contributed by atoms with van der Waals surface area (Å²) in [7, 11) is 3.62. The third-order valence-electron chi connectivity index (χ3n) is 9.10. The average Bonchev–Trinajstić information content (AvgIpc) is 3.54. The number of nitrogens with zero attached hydrogens (tertiary/aromatic N) is 4. The molecule has 268 valence electrons. The number of benzene rings is 3. The lowest BCUT2D eigenvalue weighted by molar-refractivity contribution is -0.103. The zero-order valence-electron chi connectivity index (χ0n) is 30.7. The number of amides is 1. The molecule has 0 aliphatic carbocycles. The molecule has 5 aromatic rings. The molecule has 1 atom stereocenters. The van der Waals surface area contributed by atoms with E-state index in [0.29, 0.717) is 57.0 Å². The van der Waals surface area contributed by atoms with Crippen LogP contribution in [0.2, 0.25) is 0 Å². The maximum absolute atomic E-state index is 12.8. The van der Waals surface area contributed by atoms with Crippen LogP contribution in [0, 0.1) is 13.8 Å². The van der Waals surface area contributed by atoms with Gasteiger partial charge in [0.25, 0.3) is 0 Å². The van der Waals surface area contributed by atoms with E-state index in [-0.39, 0.29) is 12.7 Å². The quantitative estimate of drug-likeness (QED) is 0.0916. The van der Waals surface area contributed by atoms with Gasteiger partial charge in [0.2, 0.25) is 0 Å². The monoisotopic (exact) mass is 684 g/mol. The molecule has 1 unspecified atom stereocenters. The molecule has 0 radical (unpaired) electrons. The van der Waals surface area contributed by atoms with Gasteiger partial charge in [-0.3, -0.25) is 4.68 Å². The number of hydrogen-bond acceptors (Lipinski definition) is 7. The van der Waals surface area contributed by atoms with Crippen molar-refractivity contribution in [1.82, 2.24) is 19.2 Å². The lowest BCUT2D eigenvalue weighted by Gasteiger charge is -2.25. The van der Waals surface area contributed by atoms with Crippen molar-refractivity contribution in [2.75, 3.05) is 26.8 Å². The lowest BCUT2D eigenvalue weighted by Crippen LogP contribution is -2.35. The minimum atomic E-state index is -1.18. The first kappa shape index (κ1) is 36.9. The van der Waals surface area contributed by atoms with Gasteiger partial charge in [0, 0.05) is 61.4 Å². The highest BCUT2D eigenvalue weighted by Gasteiger charge is 2.28. The molecule has 0 spiro atoms. The van der Waals surface area contributed by atoms with Gasteiger partial charge in [-0.25, -0.2) is 4.79 Å². The maximum atomic E-state index is 12.8. The third-order valence-corrected chi connectivity index (χ3v) is 9.10. The second-order valence-corrected chi connectivity index (χ2v) is 13.9. The van der Waals surface area contributed by atoms with Crippen LogP contribution in [-0.2, 0) is 36.1 Å². The Bertz CT molecular complexity index is 1950. The summed E-state index contributed by atoms with van der Waals surface area (Å²) in [5, 5.41) is 29.9. The fourth-order valence-corrected chi connectivity index (χ4v) is 6.73. The van der Waals surface area contributed by atoms with E-state index in [1.165, 1.54) is 0 Å². The molecule has 10 nitrogen and oxygen atoms in total. The van der Waals surface area contributed by atoms with E-state index in [4.69, 9.17) is 14.2 Å². The van der Waals surface area contributed by atoms with Crippen molar-refractivity contribution in [3.63, 3.8) is 0 Å². The molecular weight excluding hydrogens is 632 g/mol. The van der Waals surface area contributed by atoms with E-state index in [1.54, 1.807) is 16.6 Å². The van der Waals surface area contributed by atoms with Gasteiger partial charge in [0.05, 0.1) is 30.1 Å². The van der Waals surface area contributed by atoms with Crippen molar-refractivity contribution in [1.29, 1.82) is 0 Å². The van der Waals surface area contributed by atoms with E-state index in [2.05, 4.69) is 46.9 Å². The first-order chi connectivity index (χ1) is 23.9. The Balaban J connectivity index is 1.57. The summed E-state index contributed by atoms with van der Waals surface area (Å²) < 4.78 is 21.8. The molecule has 2 heterocycles. The third kappa shape index (κ3) is 7.83. The fraction of sp³-hybridized carbons (Fsp3) is 0.450. The Morgan fingerprint density at radius 2 is 1.74 bits per heavy atom. The van der Waals surface area contributed by atoms with E-state index < -0.39 is 11.9 Å². The SMILES string of the molecule is CCOC(O)c1c(CCCOc2cccc3ccccc23)c2ccc(C)c(-c3c(CO)nn(C)c3C)c2n1CCCN(C)C(=O)OC(C)(C)C. The zero-order chi connectivity index (χ0) is 36.2. The number of aliphatic hydroxyl groups excluding tert-OH is 2. The molecule has 0 bridgehead atoms. The van der Waals surface area contributed by atoms with Crippen LogP contribution in [0.5, 0.6) is 5.75 Å². The molecule has 10 heteroatoms. The van der Waals surface area contributed by atoms with E-state index in [9.17, 15) is 15.0 Å². The average molecular weight is 685 g/mol. The van der Waals surface area contributed by atoms with Crippen molar-refractivity contribution in [3.8, 4) is 16.9 Å². The first-order valence-electron chi connectivity index (χ1n) is 17.5. The molecule has 5 rings (SSSR count). The normalized spacial score (nSPS) is 12.5. The number of rotatable bonds is 14. The van der Waals surface area contributed by atoms with Gasteiger partial charge in [-0.15, -0.1) is 0 Å². The number of aromatic nitrogens is 3. The number of hydrogen-bond donors (Lipinski definition) is 2. The number of fused-ring (bicyclic) bond motifs is 2. The van der Waals surface area contributed by atoms with Crippen LogP contribution in [0.1, 0.15) is 75.0 Å². The molecule has 50 heavy (non-hydrogen) atoms. The molecule has 0 fully saturated rings. The summed E-state index contributed by atoms with van der Waals surface area (Å²) in [5.41, 5.74) is 6.40. The van der Waals surface area contributed by atoms with Gasteiger partial charge in [-0.05, 0) is 83.4 Å². The Morgan fingerprint density at radius 1 is 1.00 bits per heavy atom. The van der Waals surface area contributed by atoms with Gasteiger partial charge >= 0.3 is 6.09 Å². The highest BCUT2D eigenvalue weighted by atomic mass is 16.6. The van der Waals surface area contributed by atoms with E-state index in [1.807, 2.05) is 65.9 Å². The van der Waals surface area contributed by atoms with Crippen molar-refractivity contribution >= 4 is 27.8 Å². The summed E-state index contributed by atoms with van der Waals surface area (Å²) in [6, 6.07) is 18.5. The Labute approximate surface area is 295 Å². The number of aliphatic hydroxyl groups is 2. The molecule has 0 aliphatic rings. The molecular formula is C40H52N4O6. The zero-order valence-corrected chi connectivity index (χ0v) is 30.7. The number of carbonyl (C=O) groups excluding carboxylic acids is 1. The van der Waals surface area contributed by atoms with Crippen molar-refractivity contribution in [3.05, 3.63) is 82.8 Å². The number of carbonyl (C=O) groups is 1. The summed E-state index contributed by atoms with van der Waals surface area (Å²) in [6.07, 6.45) is 0.373. The predicted octanol–water partition coefficient (Wildman–Crippen LogP) is 7.60. The van der Waals surface area contributed by atoms with Crippen molar-refractivity contribution in [2.45, 2.75) is 85.8 Å². The minimum Gasteiger partial charge on any atom is -0.493 e. The van der Waals surface area contributed by atoms with Gasteiger partial charge in [-0.1, -0.05) is 48.5 Å². The van der Waals surface area contributed by atoms with E-state index in [0.717, 1.165) is 55.4 Å². The van der Waals surface area contributed by atoms with Crippen LogP contribution < -0.4 is 4.74 Å². The smallest absolute Gasteiger partial charge is 0.410 e. The largest absolute Gasteiger partial charge is 0.493 e. The minimum absolute atomic E-state index is 0.207. The number of ether oxygens (including phenoxy) is 3. The Morgan fingerprint density at radius 3 is 2.46 bits per heavy atom. The molecule has 2 N–H and O–H groups in total. The van der Waals surface area contributed by atoms with Gasteiger partial charge in [-0.2, -0.15) is 5.10 Å². The molecule has 0 aliphatic heterocycles.